The van der Waals surface area contributed by atoms with Crippen LogP contribution < -0.4 is 0 Å². The first-order valence-electron chi connectivity index (χ1n) is 11.1. The van der Waals surface area contributed by atoms with Gasteiger partial charge in [-0.2, -0.15) is 5.26 Å². The Morgan fingerprint density at radius 2 is 1.72 bits per heavy atom. The van der Waals surface area contributed by atoms with Gasteiger partial charge in [0.15, 0.2) is 0 Å². The van der Waals surface area contributed by atoms with Gasteiger partial charge in [0.1, 0.15) is 11.1 Å². The van der Waals surface area contributed by atoms with Crippen molar-refractivity contribution in [3.05, 3.63) is 106 Å². The zero-order valence-electron chi connectivity index (χ0n) is 19.1. The van der Waals surface area contributed by atoms with Crippen molar-refractivity contribution in [2.45, 2.75) is 16.9 Å². The van der Waals surface area contributed by atoms with Crippen LogP contribution in [0.1, 0.15) is 11.1 Å². The molecule has 4 nitrogen and oxygen atoms in total. The van der Waals surface area contributed by atoms with E-state index in [4.69, 9.17) is 16.6 Å². The molecule has 0 spiro atoms. The second kappa shape index (κ2) is 12.7. The average molecular weight is 598 g/mol. The molecule has 1 N–H and O–H groups in total. The molecule has 0 saturated heterocycles. The predicted octanol–water partition coefficient (Wildman–Crippen LogP) is 7.11. The monoisotopic (exact) mass is 596 g/mol. The van der Waals surface area contributed by atoms with E-state index in [0.29, 0.717) is 21.4 Å². The first-order chi connectivity index (χ1) is 17.4. The molecule has 0 aliphatic rings. The van der Waals surface area contributed by atoms with E-state index >= 15 is 0 Å². The molecule has 182 valence electrons. The maximum atomic E-state index is 12.6. The standard InChI is InChI=1S/C28H22BrClN2O2S2/c29-22-10-8-21(9-11-22)27-14-25(20-4-2-1-3-5-20)26(15-31)28(32-27)35-16-24(33)18-36(34)17-19-6-12-23(30)13-7-19/h1-14,24,33H,16-18H2/t24-,36-/m0/s1. The van der Waals surface area contributed by atoms with E-state index in [2.05, 4.69) is 22.0 Å². The molecule has 0 radical (unpaired) electrons. The van der Waals surface area contributed by atoms with Crippen molar-refractivity contribution in [1.82, 2.24) is 4.98 Å². The zero-order chi connectivity index (χ0) is 25.5. The van der Waals surface area contributed by atoms with Gasteiger partial charge in [0, 0.05) is 42.9 Å². The first kappa shape index (κ1) is 26.6. The van der Waals surface area contributed by atoms with Gasteiger partial charge in [0.05, 0.1) is 23.1 Å². The average Bonchev–Trinajstić information content (AvgIpc) is 2.89. The molecule has 0 aliphatic carbocycles. The van der Waals surface area contributed by atoms with Crippen LogP contribution in [0.4, 0.5) is 0 Å². The van der Waals surface area contributed by atoms with Crippen molar-refractivity contribution in [2.75, 3.05) is 11.5 Å². The van der Waals surface area contributed by atoms with E-state index in [0.717, 1.165) is 32.4 Å². The molecule has 1 heterocycles. The van der Waals surface area contributed by atoms with Gasteiger partial charge in [-0.1, -0.05) is 82.1 Å². The summed E-state index contributed by atoms with van der Waals surface area (Å²) in [7, 11) is -1.24. The third kappa shape index (κ3) is 7.06. The summed E-state index contributed by atoms with van der Waals surface area (Å²) >= 11 is 10.7. The molecule has 0 fully saturated rings. The summed E-state index contributed by atoms with van der Waals surface area (Å²) in [6.07, 6.45) is -0.812. The van der Waals surface area contributed by atoms with Crippen molar-refractivity contribution in [3.8, 4) is 28.5 Å². The van der Waals surface area contributed by atoms with E-state index in [1.807, 2.05) is 72.8 Å². The Kier molecular flexibility index (Phi) is 9.35. The Labute approximate surface area is 231 Å². The number of hydrogen-bond donors (Lipinski definition) is 1. The molecule has 0 amide bonds. The second-order valence-corrected chi connectivity index (χ2v) is 11.9. The van der Waals surface area contributed by atoms with Crippen LogP contribution in [0.5, 0.6) is 0 Å². The molecule has 0 unspecified atom stereocenters. The molecule has 36 heavy (non-hydrogen) atoms. The van der Waals surface area contributed by atoms with Gasteiger partial charge in [-0.05, 0) is 41.5 Å². The maximum absolute atomic E-state index is 12.6. The third-order valence-corrected chi connectivity index (χ3v) is 8.67. The smallest absolute Gasteiger partial charge is 0.115 e. The van der Waals surface area contributed by atoms with Crippen LogP contribution in [0.3, 0.4) is 0 Å². The summed E-state index contributed by atoms with van der Waals surface area (Å²) in [5, 5.41) is 21.8. The van der Waals surface area contributed by atoms with Crippen molar-refractivity contribution in [1.29, 1.82) is 5.26 Å². The molecular formula is C28H22BrClN2O2S2. The van der Waals surface area contributed by atoms with Crippen LogP contribution in [0, 0.1) is 11.3 Å². The first-order valence-corrected chi connectivity index (χ1v) is 14.7. The summed E-state index contributed by atoms with van der Waals surface area (Å²) in [6, 6.07) is 29.0. The van der Waals surface area contributed by atoms with Crippen LogP contribution in [0.25, 0.3) is 22.4 Å². The summed E-state index contributed by atoms with van der Waals surface area (Å²) < 4.78 is 13.6. The fourth-order valence-corrected chi connectivity index (χ4v) is 6.31. The highest BCUT2D eigenvalue weighted by Gasteiger charge is 2.18. The van der Waals surface area contributed by atoms with E-state index < -0.39 is 16.9 Å². The number of halogens is 2. The Balaban J connectivity index is 1.56. The summed E-state index contributed by atoms with van der Waals surface area (Å²) in [4.78, 5) is 4.78. The van der Waals surface area contributed by atoms with Gasteiger partial charge < -0.3 is 5.11 Å². The van der Waals surface area contributed by atoms with Crippen molar-refractivity contribution in [2.24, 2.45) is 0 Å². The number of pyridine rings is 1. The lowest BCUT2D eigenvalue weighted by Gasteiger charge is -2.14. The van der Waals surface area contributed by atoms with Crippen LogP contribution in [-0.4, -0.2) is 31.9 Å². The summed E-state index contributed by atoms with van der Waals surface area (Å²) in [5.74, 6) is 0.749. The lowest BCUT2D eigenvalue weighted by molar-refractivity contribution is 0.224. The number of rotatable bonds is 9. The molecule has 2 atom stereocenters. The molecule has 8 heteroatoms. The van der Waals surface area contributed by atoms with E-state index in [1.165, 1.54) is 11.8 Å². The third-order valence-electron chi connectivity index (χ3n) is 5.35. The Hall–Kier alpha value is -2.47. The summed E-state index contributed by atoms with van der Waals surface area (Å²) in [6.45, 7) is 0. The van der Waals surface area contributed by atoms with E-state index in [-0.39, 0.29) is 11.5 Å². The van der Waals surface area contributed by atoms with Crippen LogP contribution in [0.15, 0.2) is 94.4 Å². The minimum Gasteiger partial charge on any atom is -0.391 e. The molecule has 0 aliphatic heterocycles. The maximum Gasteiger partial charge on any atom is 0.115 e. The second-order valence-electron chi connectivity index (χ2n) is 8.06. The van der Waals surface area contributed by atoms with E-state index in [1.54, 1.807) is 12.1 Å². The molecular weight excluding hydrogens is 576 g/mol. The fraction of sp³-hybridized carbons (Fsp3) is 0.143. The van der Waals surface area contributed by atoms with Gasteiger partial charge in [0.2, 0.25) is 0 Å². The van der Waals surface area contributed by atoms with Crippen LogP contribution in [0.2, 0.25) is 5.02 Å². The minimum absolute atomic E-state index is 0.134. The fourth-order valence-electron chi connectivity index (χ4n) is 3.61. The Morgan fingerprint density at radius 1 is 1.03 bits per heavy atom. The molecule has 0 saturated carbocycles. The lowest BCUT2D eigenvalue weighted by Crippen LogP contribution is -2.20. The number of benzene rings is 3. The van der Waals surface area contributed by atoms with Crippen molar-refractivity contribution < 1.29 is 9.32 Å². The highest BCUT2D eigenvalue weighted by Crippen LogP contribution is 2.34. The normalized spacial score (nSPS) is 12.6. The number of aliphatic hydroxyl groups is 1. The Bertz CT molecular complexity index is 1390. The highest BCUT2D eigenvalue weighted by atomic mass is 79.9. The van der Waals surface area contributed by atoms with Crippen LogP contribution in [-0.2, 0) is 16.6 Å². The van der Waals surface area contributed by atoms with Gasteiger partial charge in [-0.3, -0.25) is 4.21 Å². The zero-order valence-corrected chi connectivity index (χ0v) is 23.1. The SMILES string of the molecule is N#Cc1c(-c2ccccc2)cc(-c2ccc(Br)cc2)nc1SC[C@H](O)C[S@@](=O)Cc1ccc(Cl)cc1. The van der Waals surface area contributed by atoms with Crippen molar-refractivity contribution in [3.63, 3.8) is 0 Å². The van der Waals surface area contributed by atoms with Gasteiger partial charge in [-0.25, -0.2) is 4.98 Å². The molecule has 4 aromatic rings. The number of nitriles is 1. The topological polar surface area (TPSA) is 74.0 Å². The Morgan fingerprint density at radius 3 is 2.39 bits per heavy atom. The number of hydrogen-bond acceptors (Lipinski definition) is 5. The number of thioether (sulfide) groups is 1. The highest BCUT2D eigenvalue weighted by molar-refractivity contribution is 9.10. The lowest BCUT2D eigenvalue weighted by atomic mass is 9.99. The summed E-state index contributed by atoms with van der Waals surface area (Å²) in [5.41, 5.74) is 4.73. The molecule has 0 bridgehead atoms. The number of aliphatic hydroxyl groups excluding tert-OH is 1. The molecule has 4 rings (SSSR count). The van der Waals surface area contributed by atoms with Crippen molar-refractivity contribution >= 4 is 50.1 Å². The van der Waals surface area contributed by atoms with Gasteiger partial charge in [-0.15, -0.1) is 11.8 Å². The predicted molar refractivity (Wildman–Crippen MR) is 152 cm³/mol. The quantitative estimate of drug-likeness (QED) is 0.208. The molecule has 1 aromatic heterocycles. The van der Waals surface area contributed by atoms with Crippen LogP contribution >= 0.6 is 39.3 Å². The van der Waals surface area contributed by atoms with E-state index in [9.17, 15) is 14.6 Å². The molecule has 3 aromatic carbocycles. The largest absolute Gasteiger partial charge is 0.391 e. The number of nitrogens with zero attached hydrogens (tertiary/aromatic N) is 2. The minimum atomic E-state index is -1.24. The van der Waals surface area contributed by atoms with Gasteiger partial charge in [0.25, 0.3) is 0 Å². The number of aromatic nitrogens is 1. The van der Waals surface area contributed by atoms with Gasteiger partial charge >= 0.3 is 0 Å².